The lowest BCUT2D eigenvalue weighted by atomic mass is 9.41. The Balaban J connectivity index is 0.711. The van der Waals surface area contributed by atoms with Gasteiger partial charge in [0.05, 0.1) is 72.7 Å². The summed E-state index contributed by atoms with van der Waals surface area (Å²) in [5.74, 6) is -2.58. The van der Waals surface area contributed by atoms with Crippen LogP contribution in [-0.4, -0.2) is 227 Å². The van der Waals surface area contributed by atoms with E-state index < -0.39 is 188 Å². The predicted molar refractivity (Wildman–Crippen MR) is 297 cm³/mol. The Hall–Kier alpha value is -2.93. The van der Waals surface area contributed by atoms with Crippen LogP contribution in [0.3, 0.4) is 0 Å². The molecular weight excluding hydrogens is 1130 g/mol. The Bertz CT molecular complexity index is 2430. The Morgan fingerprint density at radius 2 is 1.13 bits per heavy atom. The summed E-state index contributed by atoms with van der Waals surface area (Å²) in [5, 5.41) is 77.2. The average Bonchev–Trinajstić information content (AvgIpc) is 1.31. The van der Waals surface area contributed by atoms with Crippen molar-refractivity contribution in [3.8, 4) is 0 Å². The summed E-state index contributed by atoms with van der Waals surface area (Å²) in [6.45, 7) is 13.4. The summed E-state index contributed by atoms with van der Waals surface area (Å²) in [7, 11) is 3.04. The lowest BCUT2D eigenvalue weighted by Gasteiger charge is -2.66. The van der Waals surface area contributed by atoms with Crippen LogP contribution in [0.1, 0.15) is 136 Å². The molecule has 0 amide bonds. The van der Waals surface area contributed by atoms with Crippen LogP contribution in [0.4, 0.5) is 0 Å². The smallest absolute Gasteiger partial charge is 0.338 e. The van der Waals surface area contributed by atoms with Crippen molar-refractivity contribution in [3.05, 3.63) is 35.9 Å². The molecule has 0 unspecified atom stereocenters. The number of benzene rings is 1. The molecule has 9 fully saturated rings. The monoisotopic (exact) mass is 1220 g/mol. The highest BCUT2D eigenvalue weighted by atomic mass is 16.8. The number of carbonyl (C=O) groups excluding carboxylic acids is 3. The molecule has 0 spiro atoms. The summed E-state index contributed by atoms with van der Waals surface area (Å²) >= 11 is 0. The number of carbonyl (C=O) groups is 3. The van der Waals surface area contributed by atoms with Gasteiger partial charge in [-0.1, -0.05) is 32.0 Å². The fourth-order valence-corrected chi connectivity index (χ4v) is 17.0. The molecule has 5 aliphatic heterocycles. The Morgan fingerprint density at radius 1 is 0.593 bits per heavy atom. The van der Waals surface area contributed by atoms with Crippen molar-refractivity contribution < 1.29 is 116 Å². The maximum absolute atomic E-state index is 14.0. The third-order valence-electron chi connectivity index (χ3n) is 21.4. The van der Waals surface area contributed by atoms with Crippen LogP contribution in [0.5, 0.6) is 0 Å². The zero-order chi connectivity index (χ0) is 61.9. The van der Waals surface area contributed by atoms with Crippen LogP contribution in [0, 0.1) is 34.5 Å². The molecule has 0 radical (unpaired) electrons. The SMILES string of the molecule is CO[C@@H]1C[C@H](O[C@H]2[C@@H](O)C[C@H](O[C@H]3[C@@H](O)C[C@H](O[C@H]4CC[C@@]5(C)[C@@H](CC[C@@H]6[C@@H]5[C@H](OC(C)=O)[C@@H](OC(=O)c5ccccc5)[C@]5(C)[C@@H](C(C)=O)CC[C@]65O)C4)O[C@@H]3C)O[C@@H]2C)O[C@H](C)[C@H]1O[C@H]1C[C@@H](OC)[C@@H](O[C@@H]2O[C@H](CO)[C@@H](O)[C@H](O)[C@H]2O)[C@H](C)O1. The van der Waals surface area contributed by atoms with E-state index in [0.717, 1.165) is 6.42 Å². The minimum absolute atomic E-state index is 0.0259. The molecule has 4 saturated carbocycles. The fourth-order valence-electron chi connectivity index (χ4n) is 17.0. The molecular formula is C62H94O24. The second kappa shape index (κ2) is 26.7. The van der Waals surface area contributed by atoms with Gasteiger partial charge in [0.15, 0.2) is 31.5 Å². The van der Waals surface area contributed by atoms with Gasteiger partial charge in [-0.25, -0.2) is 4.79 Å². The summed E-state index contributed by atoms with van der Waals surface area (Å²) in [6.07, 6.45) is -17.1. The van der Waals surface area contributed by atoms with Gasteiger partial charge in [-0.15, -0.1) is 0 Å². The average molecular weight is 1220 g/mol. The maximum Gasteiger partial charge on any atom is 0.338 e. The molecule has 486 valence electrons. The minimum atomic E-state index is -1.62. The quantitative estimate of drug-likeness (QED) is 0.0871. The van der Waals surface area contributed by atoms with E-state index in [9.17, 15) is 50.1 Å². The number of hydrogen-bond acceptors (Lipinski definition) is 24. The van der Waals surface area contributed by atoms with Gasteiger partial charge in [0, 0.05) is 64.1 Å². The molecule has 24 nitrogen and oxygen atoms in total. The van der Waals surface area contributed by atoms with Gasteiger partial charge in [0.25, 0.3) is 0 Å². The van der Waals surface area contributed by atoms with Crippen molar-refractivity contribution in [2.75, 3.05) is 20.8 Å². The molecule has 10 rings (SSSR count). The van der Waals surface area contributed by atoms with E-state index in [1.54, 1.807) is 58.2 Å². The fraction of sp³-hybridized carbons (Fsp3) is 0.855. The largest absolute Gasteiger partial charge is 0.458 e. The zero-order valence-electron chi connectivity index (χ0n) is 51.1. The summed E-state index contributed by atoms with van der Waals surface area (Å²) in [6, 6.07) is 8.57. The van der Waals surface area contributed by atoms with E-state index in [2.05, 4.69) is 6.92 Å². The van der Waals surface area contributed by atoms with Gasteiger partial charge >= 0.3 is 11.9 Å². The van der Waals surface area contributed by atoms with Gasteiger partial charge in [-0.05, 0) is 109 Å². The first-order valence-electron chi connectivity index (χ1n) is 31.1. The molecule has 4 aliphatic carbocycles. The lowest BCUT2D eigenvalue weighted by molar-refractivity contribution is -0.358. The van der Waals surface area contributed by atoms with Crippen molar-refractivity contribution in [3.63, 3.8) is 0 Å². The number of Topliss-reactive ketones (excluding diaryl/α,β-unsaturated/α-hetero) is 1. The Kier molecular flexibility index (Phi) is 20.5. The van der Waals surface area contributed by atoms with Crippen molar-refractivity contribution >= 4 is 17.7 Å². The molecule has 86 heavy (non-hydrogen) atoms. The van der Waals surface area contributed by atoms with Crippen molar-refractivity contribution in [1.29, 1.82) is 0 Å². The van der Waals surface area contributed by atoms with Crippen LogP contribution in [0.15, 0.2) is 30.3 Å². The standard InChI is InChI=1S/C62H94O24/c1-28(64)37-19-21-62(72)38-17-16-35-22-36(18-20-60(35,7)48(38)56(79-33(6)65)57(61(37,62)8)86-58(71)34-14-12-11-13-15-34)80-44-23-39(66)52(29(2)75-44)82-45-24-40(67)53(30(3)76-45)83-46-25-41(73-9)54(31(4)77-46)84-47-26-42(74-10)55(32(5)78-47)85-59-51(70)50(69)49(68)43(27-63)81-59/h11-15,29-32,35-57,59,63,66-70,72H,16-27H2,1-10H3/t29-,30-,31-,32+,35+,36+,37-,38-,39+,40+,41-,42-,43-,44+,45+,46+,47+,48-,49-,50+,51-,52-,53-,54-,55+,56+,57-,59+,60+,61+,62+/m1/s1. The maximum atomic E-state index is 14.0. The van der Waals surface area contributed by atoms with E-state index in [4.69, 9.17) is 66.3 Å². The van der Waals surface area contributed by atoms with E-state index in [-0.39, 0.29) is 49.4 Å². The third-order valence-corrected chi connectivity index (χ3v) is 21.4. The second-order valence-electron chi connectivity index (χ2n) is 26.4. The van der Waals surface area contributed by atoms with Gasteiger partial charge in [-0.3, -0.25) is 9.59 Å². The van der Waals surface area contributed by atoms with E-state index in [1.165, 1.54) is 21.0 Å². The molecule has 31 atom stereocenters. The first-order chi connectivity index (χ1) is 40.8. The van der Waals surface area contributed by atoms with Crippen molar-refractivity contribution in [1.82, 2.24) is 0 Å². The highest BCUT2D eigenvalue weighted by Crippen LogP contribution is 2.70. The molecule has 0 bridgehead atoms. The van der Waals surface area contributed by atoms with Crippen LogP contribution in [-0.2, 0) is 75.9 Å². The van der Waals surface area contributed by atoms with E-state index in [0.29, 0.717) is 44.1 Å². The first kappa shape index (κ1) is 66.0. The molecule has 1 aromatic rings. The van der Waals surface area contributed by atoms with Gasteiger partial charge in [0.1, 0.15) is 66.8 Å². The number of fused-ring (bicyclic) bond motifs is 5. The summed E-state index contributed by atoms with van der Waals surface area (Å²) in [4.78, 5) is 40.6. The number of aliphatic hydroxyl groups excluding tert-OH is 6. The van der Waals surface area contributed by atoms with Gasteiger partial charge in [0.2, 0.25) is 0 Å². The predicted octanol–water partition coefficient (Wildman–Crippen LogP) is 2.74. The number of ketones is 1. The number of ether oxygens (including phenoxy) is 14. The number of esters is 2. The molecule has 9 aliphatic rings. The van der Waals surface area contributed by atoms with Crippen LogP contribution in [0.2, 0.25) is 0 Å². The van der Waals surface area contributed by atoms with E-state index >= 15 is 0 Å². The molecule has 1 aromatic carbocycles. The minimum Gasteiger partial charge on any atom is -0.458 e. The van der Waals surface area contributed by atoms with Crippen molar-refractivity contribution in [2.24, 2.45) is 34.5 Å². The molecule has 0 aromatic heterocycles. The Morgan fingerprint density at radius 3 is 1.66 bits per heavy atom. The number of aliphatic hydroxyl groups is 7. The van der Waals surface area contributed by atoms with Gasteiger partial charge < -0.3 is 102 Å². The third kappa shape index (κ3) is 12.6. The van der Waals surface area contributed by atoms with Crippen LogP contribution < -0.4 is 0 Å². The first-order valence-corrected chi connectivity index (χ1v) is 31.1. The second-order valence-corrected chi connectivity index (χ2v) is 26.4. The normalized spacial score (nSPS) is 49.6. The van der Waals surface area contributed by atoms with Crippen LogP contribution >= 0.6 is 0 Å². The number of rotatable bonds is 17. The van der Waals surface area contributed by atoms with E-state index in [1.807, 2.05) is 13.8 Å². The summed E-state index contributed by atoms with van der Waals surface area (Å²) < 4.78 is 87.4. The number of hydrogen-bond donors (Lipinski definition) is 7. The molecule has 5 saturated heterocycles. The topological polar surface area (TPSA) is 322 Å². The van der Waals surface area contributed by atoms with Crippen molar-refractivity contribution in [2.45, 2.75) is 279 Å². The molecule has 24 heteroatoms. The molecule has 5 heterocycles. The molecule has 7 N–H and O–H groups in total. The highest BCUT2D eigenvalue weighted by Gasteiger charge is 2.76. The summed E-state index contributed by atoms with van der Waals surface area (Å²) in [5.41, 5.74) is -2.79. The zero-order valence-corrected chi connectivity index (χ0v) is 51.1. The van der Waals surface area contributed by atoms with Crippen LogP contribution in [0.25, 0.3) is 0 Å². The lowest BCUT2D eigenvalue weighted by Crippen LogP contribution is -2.73. The number of methoxy groups -OCH3 is 2. The Labute approximate surface area is 502 Å². The van der Waals surface area contributed by atoms with Gasteiger partial charge in [-0.2, -0.15) is 0 Å². The highest BCUT2D eigenvalue weighted by molar-refractivity contribution is 5.89.